The molecule has 9 nitrogen and oxygen atoms in total. The lowest BCUT2D eigenvalue weighted by Crippen LogP contribution is -2.39. The number of nitro groups is 1. The quantitative estimate of drug-likeness (QED) is 0.487. The summed E-state index contributed by atoms with van der Waals surface area (Å²) in [5.74, 6) is -1.16. The third-order valence-corrected chi connectivity index (χ3v) is 5.52. The molecular formula is C20H17ClFN5O4. The summed E-state index contributed by atoms with van der Waals surface area (Å²) in [6.45, 7) is 0.636. The standard InChI is InChI=1S/C20H17ClFN5O4/c21-14-11-13(4-5-15(14)22)23-19(28)12-6-9-25(10-7-12)18-17(27(30)31)20(29)26-8-2-1-3-16(26)24-18/h1-5,8,11-12H,6-7,9-10H2,(H,23,28). The Morgan fingerprint density at radius 1 is 1.26 bits per heavy atom. The fraction of sp³-hybridized carbons (Fsp3) is 0.250. The van der Waals surface area contributed by atoms with Gasteiger partial charge in [-0.1, -0.05) is 17.7 Å². The number of anilines is 2. The first-order valence-electron chi connectivity index (χ1n) is 9.52. The molecule has 31 heavy (non-hydrogen) atoms. The SMILES string of the molecule is O=C(Nc1ccc(F)c(Cl)c1)C1CCN(c2nc3ccccn3c(=O)c2[N+](=O)[O-])CC1. The zero-order valence-electron chi connectivity index (χ0n) is 16.1. The highest BCUT2D eigenvalue weighted by Gasteiger charge is 2.32. The van der Waals surface area contributed by atoms with Crippen molar-refractivity contribution in [3.05, 3.63) is 73.9 Å². The molecule has 0 unspecified atom stereocenters. The number of pyridine rings is 1. The average molecular weight is 446 g/mol. The van der Waals surface area contributed by atoms with Crippen molar-refractivity contribution in [3.63, 3.8) is 0 Å². The van der Waals surface area contributed by atoms with Crippen molar-refractivity contribution in [2.45, 2.75) is 12.8 Å². The van der Waals surface area contributed by atoms with Gasteiger partial charge in [-0.15, -0.1) is 0 Å². The predicted molar refractivity (Wildman–Crippen MR) is 113 cm³/mol. The van der Waals surface area contributed by atoms with Crippen molar-refractivity contribution < 1.29 is 14.1 Å². The third kappa shape index (κ3) is 4.06. The number of carbonyl (C=O) groups is 1. The van der Waals surface area contributed by atoms with Gasteiger partial charge in [0.1, 0.15) is 11.5 Å². The maximum atomic E-state index is 13.3. The van der Waals surface area contributed by atoms with Crippen LogP contribution in [0.25, 0.3) is 5.65 Å². The lowest BCUT2D eigenvalue weighted by atomic mass is 9.95. The minimum Gasteiger partial charge on any atom is -0.351 e. The van der Waals surface area contributed by atoms with Gasteiger partial charge in [0, 0.05) is 30.9 Å². The molecule has 1 aromatic carbocycles. The summed E-state index contributed by atoms with van der Waals surface area (Å²) < 4.78 is 14.4. The van der Waals surface area contributed by atoms with Crippen molar-refractivity contribution in [1.29, 1.82) is 0 Å². The van der Waals surface area contributed by atoms with Crippen LogP contribution in [0.2, 0.25) is 5.02 Å². The molecule has 3 aromatic rings. The molecule has 1 amide bonds. The van der Waals surface area contributed by atoms with E-state index in [1.807, 2.05) is 0 Å². The molecule has 0 spiro atoms. The van der Waals surface area contributed by atoms with Crippen LogP contribution in [0, 0.1) is 21.8 Å². The van der Waals surface area contributed by atoms with Crippen LogP contribution in [0.3, 0.4) is 0 Å². The Labute approximate surface area is 180 Å². The van der Waals surface area contributed by atoms with Gasteiger partial charge >= 0.3 is 11.2 Å². The normalized spacial score (nSPS) is 14.6. The summed E-state index contributed by atoms with van der Waals surface area (Å²) in [5.41, 5.74) is -0.647. The first-order chi connectivity index (χ1) is 14.8. The Morgan fingerprint density at radius 3 is 2.68 bits per heavy atom. The van der Waals surface area contributed by atoms with Crippen LogP contribution in [-0.4, -0.2) is 33.3 Å². The second kappa shape index (κ2) is 8.31. The monoisotopic (exact) mass is 445 g/mol. The summed E-state index contributed by atoms with van der Waals surface area (Å²) in [6.07, 6.45) is 2.25. The van der Waals surface area contributed by atoms with Gasteiger partial charge in [-0.25, -0.2) is 9.37 Å². The van der Waals surface area contributed by atoms with Crippen LogP contribution in [0.4, 0.5) is 21.6 Å². The first kappa shape index (κ1) is 20.7. The molecule has 11 heteroatoms. The van der Waals surface area contributed by atoms with Gasteiger partial charge in [0.25, 0.3) is 0 Å². The van der Waals surface area contributed by atoms with Gasteiger partial charge in [-0.2, -0.15) is 0 Å². The largest absolute Gasteiger partial charge is 0.376 e. The van der Waals surface area contributed by atoms with Crippen LogP contribution in [-0.2, 0) is 4.79 Å². The molecular weight excluding hydrogens is 429 g/mol. The number of piperidine rings is 1. The number of halogens is 2. The zero-order valence-corrected chi connectivity index (χ0v) is 16.9. The van der Waals surface area contributed by atoms with Crippen LogP contribution < -0.4 is 15.8 Å². The van der Waals surface area contributed by atoms with E-state index in [0.29, 0.717) is 37.3 Å². The van der Waals surface area contributed by atoms with Gasteiger partial charge in [-0.05, 0) is 43.2 Å². The second-order valence-corrected chi connectivity index (χ2v) is 7.56. The van der Waals surface area contributed by atoms with Gasteiger partial charge in [-0.3, -0.25) is 24.1 Å². The number of nitrogens with one attached hydrogen (secondary N) is 1. The van der Waals surface area contributed by atoms with E-state index >= 15 is 0 Å². The van der Waals surface area contributed by atoms with Crippen molar-refractivity contribution in [1.82, 2.24) is 9.38 Å². The van der Waals surface area contributed by atoms with Crippen molar-refractivity contribution in [2.24, 2.45) is 5.92 Å². The summed E-state index contributed by atoms with van der Waals surface area (Å²) in [7, 11) is 0. The number of aromatic nitrogens is 2. The number of nitrogens with zero attached hydrogens (tertiary/aromatic N) is 4. The topological polar surface area (TPSA) is 110 Å². The Balaban J connectivity index is 1.52. The molecule has 0 atom stereocenters. The number of amides is 1. The summed E-state index contributed by atoms with van der Waals surface area (Å²) in [5, 5.41) is 14.2. The van der Waals surface area contributed by atoms with Crippen LogP contribution in [0.1, 0.15) is 12.8 Å². The first-order valence-corrected chi connectivity index (χ1v) is 9.89. The smallest absolute Gasteiger partial charge is 0.351 e. The molecule has 3 heterocycles. The molecule has 1 aliphatic heterocycles. The predicted octanol–water partition coefficient (Wildman–Crippen LogP) is 3.25. The van der Waals surface area contributed by atoms with E-state index in [-0.39, 0.29) is 22.7 Å². The minimum absolute atomic E-state index is 0.00498. The molecule has 4 rings (SSSR count). The van der Waals surface area contributed by atoms with Crippen molar-refractivity contribution in [2.75, 3.05) is 23.3 Å². The lowest BCUT2D eigenvalue weighted by molar-refractivity contribution is -0.385. The molecule has 0 aliphatic carbocycles. The van der Waals surface area contributed by atoms with Gasteiger partial charge < -0.3 is 10.2 Å². The number of fused-ring (bicyclic) bond motifs is 1. The number of carbonyl (C=O) groups excluding carboxylic acids is 1. The highest BCUT2D eigenvalue weighted by atomic mass is 35.5. The lowest BCUT2D eigenvalue weighted by Gasteiger charge is -2.31. The Morgan fingerprint density at radius 2 is 2.00 bits per heavy atom. The van der Waals surface area contributed by atoms with Crippen molar-refractivity contribution in [3.8, 4) is 0 Å². The fourth-order valence-electron chi connectivity index (χ4n) is 3.62. The van der Waals surface area contributed by atoms with Crippen LogP contribution in [0.15, 0.2) is 47.4 Å². The fourth-order valence-corrected chi connectivity index (χ4v) is 3.80. The van der Waals surface area contributed by atoms with E-state index in [1.165, 1.54) is 24.4 Å². The summed E-state index contributed by atoms with van der Waals surface area (Å²) in [4.78, 5) is 42.0. The average Bonchev–Trinajstić information content (AvgIpc) is 2.76. The van der Waals surface area contributed by atoms with Gasteiger partial charge in [0.05, 0.1) is 9.95 Å². The second-order valence-electron chi connectivity index (χ2n) is 7.15. The molecule has 0 saturated carbocycles. The highest BCUT2D eigenvalue weighted by Crippen LogP contribution is 2.29. The van der Waals surface area contributed by atoms with Crippen LogP contribution in [0.5, 0.6) is 0 Å². The Hall–Kier alpha value is -3.53. The molecule has 2 aromatic heterocycles. The van der Waals surface area contributed by atoms with Gasteiger partial charge in [0.2, 0.25) is 11.7 Å². The Kier molecular flexibility index (Phi) is 5.55. The molecule has 0 bridgehead atoms. The molecule has 1 saturated heterocycles. The van der Waals surface area contributed by atoms with E-state index < -0.39 is 22.0 Å². The van der Waals surface area contributed by atoms with E-state index in [1.54, 1.807) is 23.1 Å². The minimum atomic E-state index is -0.751. The van der Waals surface area contributed by atoms with E-state index in [4.69, 9.17) is 11.6 Å². The maximum Gasteiger partial charge on any atom is 0.376 e. The van der Waals surface area contributed by atoms with Crippen molar-refractivity contribution >= 4 is 40.3 Å². The molecule has 0 radical (unpaired) electrons. The maximum absolute atomic E-state index is 13.3. The molecule has 1 aliphatic rings. The molecule has 1 fully saturated rings. The number of hydrogen-bond acceptors (Lipinski definition) is 6. The number of benzene rings is 1. The third-order valence-electron chi connectivity index (χ3n) is 5.23. The van der Waals surface area contributed by atoms with Gasteiger partial charge in [0.15, 0.2) is 0 Å². The number of hydrogen-bond donors (Lipinski definition) is 1. The Bertz CT molecular complexity index is 1240. The molecule has 160 valence electrons. The van der Waals surface area contributed by atoms with E-state index in [0.717, 1.165) is 4.40 Å². The highest BCUT2D eigenvalue weighted by molar-refractivity contribution is 6.31. The summed E-state index contributed by atoms with van der Waals surface area (Å²) >= 11 is 5.74. The van der Waals surface area contributed by atoms with Crippen LogP contribution >= 0.6 is 11.6 Å². The number of rotatable bonds is 4. The van der Waals surface area contributed by atoms with E-state index in [9.17, 15) is 24.1 Å². The molecule has 1 N–H and O–H groups in total. The van der Waals surface area contributed by atoms with E-state index in [2.05, 4.69) is 10.3 Å². The zero-order chi connectivity index (χ0) is 22.1. The summed E-state index contributed by atoms with van der Waals surface area (Å²) in [6, 6.07) is 8.81.